The molecule has 1 aliphatic carbocycles. The van der Waals surface area contributed by atoms with E-state index >= 15 is 0 Å². The summed E-state index contributed by atoms with van der Waals surface area (Å²) in [6.07, 6.45) is 3.93. The van der Waals surface area contributed by atoms with Gasteiger partial charge >= 0.3 is 0 Å². The number of hydrogen-bond donors (Lipinski definition) is 3. The van der Waals surface area contributed by atoms with Crippen molar-refractivity contribution < 1.29 is 14.4 Å². The first kappa shape index (κ1) is 24.7. The second-order valence-electron chi connectivity index (χ2n) is 11.5. The molecule has 36 heavy (non-hydrogen) atoms. The Morgan fingerprint density at radius 3 is 2.72 bits per heavy atom. The van der Waals surface area contributed by atoms with Crippen LogP contribution in [0.5, 0.6) is 0 Å². The van der Waals surface area contributed by atoms with E-state index in [2.05, 4.69) is 22.2 Å². The minimum Gasteiger partial charge on any atom is -0.342 e. The summed E-state index contributed by atoms with van der Waals surface area (Å²) in [4.78, 5) is 43.6. The Bertz CT molecular complexity index is 1120. The molecule has 3 atom stereocenters. The van der Waals surface area contributed by atoms with Gasteiger partial charge in [-0.3, -0.25) is 25.2 Å². The molecule has 3 fully saturated rings. The molecule has 9 nitrogen and oxygen atoms in total. The predicted molar refractivity (Wildman–Crippen MR) is 135 cm³/mol. The Morgan fingerprint density at radius 1 is 1.25 bits per heavy atom. The highest BCUT2D eigenvalue weighted by atomic mass is 16.2. The van der Waals surface area contributed by atoms with E-state index in [0.29, 0.717) is 37.9 Å². The summed E-state index contributed by atoms with van der Waals surface area (Å²) in [5, 5.41) is 12.0. The second-order valence-corrected chi connectivity index (χ2v) is 11.5. The summed E-state index contributed by atoms with van der Waals surface area (Å²) in [5.74, 6) is 0.339. The van der Waals surface area contributed by atoms with Gasteiger partial charge < -0.3 is 15.1 Å². The zero-order valence-electron chi connectivity index (χ0n) is 21.4. The van der Waals surface area contributed by atoms with Crippen LogP contribution in [0.3, 0.4) is 0 Å². The first-order valence-electron chi connectivity index (χ1n) is 13.1. The molecule has 192 valence electrons. The Hall–Kier alpha value is -2.96. The van der Waals surface area contributed by atoms with Crippen LogP contribution in [0.25, 0.3) is 0 Å². The Balaban J connectivity index is 1.32. The number of amides is 3. The Labute approximate surface area is 212 Å². The van der Waals surface area contributed by atoms with Gasteiger partial charge in [0.25, 0.3) is 0 Å². The highest BCUT2D eigenvalue weighted by Crippen LogP contribution is 2.49. The number of carbonyl (C=O) groups excluding carboxylic acids is 3. The average molecular weight is 493 g/mol. The van der Waals surface area contributed by atoms with Crippen molar-refractivity contribution >= 4 is 23.4 Å². The molecule has 0 bridgehead atoms. The normalized spacial score (nSPS) is 26.9. The van der Waals surface area contributed by atoms with Crippen molar-refractivity contribution in [1.29, 1.82) is 5.26 Å². The molecule has 4 aliphatic rings. The maximum absolute atomic E-state index is 13.9. The van der Waals surface area contributed by atoms with Gasteiger partial charge in [-0.25, -0.2) is 0 Å². The Kier molecular flexibility index (Phi) is 6.29. The Morgan fingerprint density at radius 2 is 2.00 bits per heavy atom. The number of piperidine rings is 1. The molecule has 0 radical (unpaired) electrons. The maximum atomic E-state index is 13.9. The van der Waals surface area contributed by atoms with Gasteiger partial charge in [0.15, 0.2) is 0 Å². The lowest BCUT2D eigenvalue weighted by Crippen LogP contribution is -2.53. The van der Waals surface area contributed by atoms with Crippen molar-refractivity contribution in [2.75, 3.05) is 31.1 Å². The molecule has 1 saturated carbocycles. The second kappa shape index (κ2) is 9.16. The summed E-state index contributed by atoms with van der Waals surface area (Å²) < 4.78 is 0. The summed E-state index contributed by atoms with van der Waals surface area (Å²) in [6.45, 7) is 7.15. The van der Waals surface area contributed by atoms with Crippen LogP contribution in [0.4, 0.5) is 5.69 Å². The molecular weight excluding hydrogens is 456 g/mol. The molecular formula is C27H36N6O3. The number of hydrogen-bond acceptors (Lipinski definition) is 6. The molecule has 1 aromatic carbocycles. The van der Waals surface area contributed by atoms with E-state index < -0.39 is 11.0 Å². The van der Waals surface area contributed by atoms with Gasteiger partial charge in [0, 0.05) is 37.3 Å². The molecule has 3 unspecified atom stereocenters. The van der Waals surface area contributed by atoms with Gasteiger partial charge in [0.2, 0.25) is 17.7 Å². The molecule has 2 saturated heterocycles. The van der Waals surface area contributed by atoms with E-state index in [1.54, 1.807) is 18.7 Å². The van der Waals surface area contributed by atoms with Crippen molar-refractivity contribution in [1.82, 2.24) is 21.1 Å². The van der Waals surface area contributed by atoms with Crippen molar-refractivity contribution in [3.05, 3.63) is 29.3 Å². The van der Waals surface area contributed by atoms with Crippen molar-refractivity contribution in [2.24, 2.45) is 11.8 Å². The smallest absolute Gasteiger partial charge is 0.241 e. The van der Waals surface area contributed by atoms with Gasteiger partial charge in [0.05, 0.1) is 11.5 Å². The van der Waals surface area contributed by atoms with Crippen LogP contribution in [-0.2, 0) is 19.8 Å². The fraction of sp³-hybridized carbons (Fsp3) is 0.630. The quantitative estimate of drug-likeness (QED) is 0.587. The number of anilines is 1. The first-order chi connectivity index (χ1) is 17.1. The lowest BCUT2D eigenvalue weighted by molar-refractivity contribution is -0.140. The number of nitrogens with zero attached hydrogens (tertiary/aromatic N) is 3. The van der Waals surface area contributed by atoms with Crippen LogP contribution in [0.2, 0.25) is 0 Å². The molecule has 3 amide bonds. The van der Waals surface area contributed by atoms with Crippen molar-refractivity contribution in [3.63, 3.8) is 0 Å². The zero-order chi connectivity index (χ0) is 25.7. The molecule has 1 spiro atoms. The van der Waals surface area contributed by atoms with E-state index in [1.807, 2.05) is 30.0 Å². The molecule has 1 aromatic rings. The van der Waals surface area contributed by atoms with Crippen LogP contribution in [0, 0.1) is 30.1 Å². The zero-order valence-corrected chi connectivity index (χ0v) is 21.4. The van der Waals surface area contributed by atoms with E-state index in [0.717, 1.165) is 42.6 Å². The number of carbonyl (C=O) groups is 3. The third kappa shape index (κ3) is 4.16. The molecule has 3 N–H and O–H groups in total. The number of aryl methyl sites for hydroxylation is 1. The SMILES string of the molecule is Cc1cccc2c1C1(CCN(C(=O)C3CCC4NNCC4C3)CC1)C(=O)N2CC(=O)NC(C)(C)C#N. The first-order valence-corrected chi connectivity index (χ1v) is 13.1. The highest BCUT2D eigenvalue weighted by Gasteiger charge is 2.54. The lowest BCUT2D eigenvalue weighted by Gasteiger charge is -2.41. The van der Waals surface area contributed by atoms with E-state index in [9.17, 15) is 19.6 Å². The van der Waals surface area contributed by atoms with E-state index in [4.69, 9.17) is 0 Å². The molecule has 3 aliphatic heterocycles. The van der Waals surface area contributed by atoms with E-state index in [-0.39, 0.29) is 30.2 Å². The number of benzene rings is 1. The maximum Gasteiger partial charge on any atom is 0.241 e. The molecule has 9 heteroatoms. The molecule has 5 rings (SSSR count). The van der Waals surface area contributed by atoms with Crippen molar-refractivity contribution in [2.45, 2.75) is 69.9 Å². The predicted octanol–water partition coefficient (Wildman–Crippen LogP) is 1.51. The highest BCUT2D eigenvalue weighted by molar-refractivity contribution is 6.11. The number of fused-ring (bicyclic) bond motifs is 3. The topological polar surface area (TPSA) is 118 Å². The van der Waals surface area contributed by atoms with Gasteiger partial charge in [-0.2, -0.15) is 5.26 Å². The van der Waals surface area contributed by atoms with Gasteiger partial charge in [0.1, 0.15) is 12.1 Å². The fourth-order valence-corrected chi connectivity index (χ4v) is 6.75. The van der Waals surface area contributed by atoms with Gasteiger partial charge in [-0.05, 0) is 76.0 Å². The van der Waals surface area contributed by atoms with Gasteiger partial charge in [-0.1, -0.05) is 12.1 Å². The lowest BCUT2D eigenvalue weighted by atomic mass is 9.71. The van der Waals surface area contributed by atoms with Crippen LogP contribution >= 0.6 is 0 Å². The number of rotatable bonds is 4. The summed E-state index contributed by atoms with van der Waals surface area (Å²) in [5.41, 5.74) is 7.60. The molecule has 3 heterocycles. The number of nitriles is 1. The van der Waals surface area contributed by atoms with Crippen LogP contribution in [-0.4, -0.2) is 60.4 Å². The summed E-state index contributed by atoms with van der Waals surface area (Å²) >= 11 is 0. The number of hydrazine groups is 1. The van der Waals surface area contributed by atoms with Gasteiger partial charge in [-0.15, -0.1) is 0 Å². The standard InChI is InChI=1S/C27H36N6O3/c1-17-5-4-6-21-23(17)27(25(36)33(21)15-22(34)30-26(2,3)16-28)9-11-32(12-10-27)24(35)18-7-8-20-19(13-18)14-29-31-20/h4-6,18-20,29,31H,7-15H2,1-3H3,(H,30,34). The minimum absolute atomic E-state index is 0.0546. The van der Waals surface area contributed by atoms with E-state index in [1.165, 1.54) is 0 Å². The van der Waals surface area contributed by atoms with Crippen LogP contribution in [0.1, 0.15) is 57.1 Å². The third-order valence-corrected chi connectivity index (χ3v) is 8.62. The third-order valence-electron chi connectivity index (χ3n) is 8.62. The monoisotopic (exact) mass is 492 g/mol. The van der Waals surface area contributed by atoms with Crippen LogP contribution < -0.4 is 21.1 Å². The average Bonchev–Trinajstić information content (AvgIpc) is 3.41. The largest absolute Gasteiger partial charge is 0.342 e. The summed E-state index contributed by atoms with van der Waals surface area (Å²) in [6, 6.07) is 8.36. The molecule has 0 aromatic heterocycles. The van der Waals surface area contributed by atoms with Crippen LogP contribution in [0.15, 0.2) is 18.2 Å². The number of likely N-dealkylation sites (tertiary alicyclic amines) is 1. The minimum atomic E-state index is -1.01. The fourth-order valence-electron chi connectivity index (χ4n) is 6.75. The summed E-state index contributed by atoms with van der Waals surface area (Å²) in [7, 11) is 0. The van der Waals surface area contributed by atoms with Crippen molar-refractivity contribution in [3.8, 4) is 6.07 Å². The number of nitrogens with one attached hydrogen (secondary N) is 3.